The summed E-state index contributed by atoms with van der Waals surface area (Å²) < 4.78 is 10.4. The molecular weight excluding hydrogens is 328 g/mol. The zero-order valence-electron chi connectivity index (χ0n) is 14.7. The Morgan fingerprint density at radius 2 is 2.17 bits per heavy atom. The third kappa shape index (κ3) is 4.54. The molecule has 134 valence electrons. The Morgan fingerprint density at radius 3 is 2.79 bits per heavy atom. The van der Waals surface area contributed by atoms with Crippen molar-refractivity contribution in [3.05, 3.63) is 10.6 Å². The molecule has 1 saturated heterocycles. The van der Waals surface area contributed by atoms with Crippen molar-refractivity contribution in [2.75, 3.05) is 31.3 Å². The second-order valence-corrected chi connectivity index (χ2v) is 6.87. The van der Waals surface area contributed by atoms with Gasteiger partial charge in [0.1, 0.15) is 4.88 Å². The lowest BCUT2D eigenvalue weighted by Gasteiger charge is -2.22. The van der Waals surface area contributed by atoms with Crippen LogP contribution in [0.25, 0.3) is 0 Å². The molecule has 1 aromatic heterocycles. The summed E-state index contributed by atoms with van der Waals surface area (Å²) in [5.74, 6) is -0.432. The van der Waals surface area contributed by atoms with Crippen molar-refractivity contribution in [1.29, 1.82) is 0 Å². The van der Waals surface area contributed by atoms with Crippen LogP contribution in [0, 0.1) is 12.8 Å². The first-order valence-corrected chi connectivity index (χ1v) is 9.43. The number of amides is 1. The molecule has 24 heavy (non-hydrogen) atoms. The Balaban J connectivity index is 2.20. The molecule has 0 aromatic carbocycles. The summed E-state index contributed by atoms with van der Waals surface area (Å²) in [5.41, 5.74) is 0.615. The first-order chi connectivity index (χ1) is 11.6. The molecule has 1 fully saturated rings. The molecule has 0 radical (unpaired) electrons. The van der Waals surface area contributed by atoms with Crippen LogP contribution in [0.4, 0.5) is 5.13 Å². The topological polar surface area (TPSA) is 68.7 Å². The van der Waals surface area contributed by atoms with Crippen molar-refractivity contribution in [2.45, 2.75) is 46.5 Å². The number of hydrogen-bond acceptors (Lipinski definition) is 6. The van der Waals surface area contributed by atoms with Gasteiger partial charge in [0.25, 0.3) is 0 Å². The number of rotatable bonds is 8. The van der Waals surface area contributed by atoms with E-state index in [1.807, 2.05) is 0 Å². The molecule has 6 nitrogen and oxygen atoms in total. The minimum atomic E-state index is -0.371. The molecule has 1 aliphatic heterocycles. The number of anilines is 1. The molecule has 2 rings (SSSR count). The molecule has 1 unspecified atom stereocenters. The van der Waals surface area contributed by atoms with Gasteiger partial charge in [-0.05, 0) is 26.7 Å². The van der Waals surface area contributed by atoms with Crippen LogP contribution in [-0.4, -0.2) is 43.2 Å². The number of nitrogens with zero attached hydrogens (tertiary/aromatic N) is 2. The largest absolute Gasteiger partial charge is 0.462 e. The second-order valence-electron chi connectivity index (χ2n) is 5.89. The van der Waals surface area contributed by atoms with E-state index in [1.165, 1.54) is 11.3 Å². The first kappa shape index (κ1) is 18.9. The van der Waals surface area contributed by atoms with Gasteiger partial charge in [-0.25, -0.2) is 9.78 Å². The van der Waals surface area contributed by atoms with Crippen molar-refractivity contribution in [1.82, 2.24) is 4.98 Å². The van der Waals surface area contributed by atoms with Crippen LogP contribution in [0.1, 0.15) is 54.9 Å². The van der Waals surface area contributed by atoms with Gasteiger partial charge in [-0.3, -0.25) is 9.69 Å². The maximum absolute atomic E-state index is 12.9. The zero-order valence-corrected chi connectivity index (χ0v) is 15.5. The van der Waals surface area contributed by atoms with E-state index in [0.29, 0.717) is 42.1 Å². The summed E-state index contributed by atoms with van der Waals surface area (Å²) >= 11 is 1.24. The van der Waals surface area contributed by atoms with E-state index < -0.39 is 0 Å². The van der Waals surface area contributed by atoms with E-state index in [2.05, 4.69) is 11.9 Å². The molecule has 0 N–H and O–H groups in total. The summed E-state index contributed by atoms with van der Waals surface area (Å²) in [7, 11) is 0. The highest BCUT2D eigenvalue weighted by molar-refractivity contribution is 7.17. The van der Waals surface area contributed by atoms with E-state index >= 15 is 0 Å². The number of aromatic nitrogens is 1. The standard InChI is InChI=1S/C17H26N2O4S/c1-4-6-7-9-19(15(20)13-8-10-22-11-13)17-18-12(3)14(24-17)16(21)23-5-2/h13H,4-11H2,1-3H3. The van der Waals surface area contributed by atoms with E-state index in [-0.39, 0.29) is 17.8 Å². The normalized spacial score (nSPS) is 17.0. The number of unbranched alkanes of at least 4 members (excludes halogenated alkanes) is 2. The second kappa shape index (κ2) is 9.13. The minimum absolute atomic E-state index is 0.0489. The van der Waals surface area contributed by atoms with Gasteiger partial charge in [0, 0.05) is 13.2 Å². The summed E-state index contributed by atoms with van der Waals surface area (Å²) in [4.78, 5) is 31.5. The van der Waals surface area contributed by atoms with Crippen molar-refractivity contribution >= 4 is 28.3 Å². The fraction of sp³-hybridized carbons (Fsp3) is 0.706. The van der Waals surface area contributed by atoms with Crippen LogP contribution < -0.4 is 4.90 Å². The number of esters is 1. The van der Waals surface area contributed by atoms with Gasteiger partial charge >= 0.3 is 5.97 Å². The molecular formula is C17H26N2O4S. The number of hydrogen-bond donors (Lipinski definition) is 0. The quantitative estimate of drug-likeness (QED) is 0.530. The van der Waals surface area contributed by atoms with Crippen LogP contribution in [0.15, 0.2) is 0 Å². The fourth-order valence-electron chi connectivity index (χ4n) is 2.65. The van der Waals surface area contributed by atoms with Gasteiger partial charge in [-0.2, -0.15) is 0 Å². The Morgan fingerprint density at radius 1 is 1.38 bits per heavy atom. The summed E-state index contributed by atoms with van der Waals surface area (Å²) in [6, 6.07) is 0. The van der Waals surface area contributed by atoms with Crippen LogP contribution in [0.2, 0.25) is 0 Å². The predicted molar refractivity (Wildman–Crippen MR) is 93.6 cm³/mol. The lowest BCUT2D eigenvalue weighted by Crippen LogP contribution is -2.37. The van der Waals surface area contributed by atoms with Crippen molar-refractivity contribution in [3.8, 4) is 0 Å². The molecule has 0 spiro atoms. The summed E-state index contributed by atoms with van der Waals surface area (Å²) in [6.07, 6.45) is 3.81. The van der Waals surface area contributed by atoms with Crippen molar-refractivity contribution in [2.24, 2.45) is 5.92 Å². The third-order valence-electron chi connectivity index (χ3n) is 4.01. The van der Waals surface area contributed by atoms with Crippen molar-refractivity contribution < 1.29 is 19.1 Å². The number of thiazole rings is 1. The maximum atomic E-state index is 12.9. The number of ether oxygens (including phenoxy) is 2. The third-order valence-corrected chi connectivity index (χ3v) is 5.17. The van der Waals surface area contributed by atoms with E-state index in [1.54, 1.807) is 18.7 Å². The fourth-order valence-corrected chi connectivity index (χ4v) is 3.65. The van der Waals surface area contributed by atoms with E-state index in [0.717, 1.165) is 25.7 Å². The average Bonchev–Trinajstić information content (AvgIpc) is 3.21. The summed E-state index contributed by atoms with van der Waals surface area (Å²) in [6.45, 7) is 7.73. The molecule has 2 heterocycles. The Kier molecular flexibility index (Phi) is 7.17. The minimum Gasteiger partial charge on any atom is -0.462 e. The molecule has 1 amide bonds. The lowest BCUT2D eigenvalue weighted by atomic mass is 10.1. The Labute approximate surface area is 147 Å². The number of carbonyl (C=O) groups excluding carboxylic acids is 2. The first-order valence-electron chi connectivity index (χ1n) is 8.62. The van der Waals surface area contributed by atoms with Gasteiger partial charge in [-0.15, -0.1) is 0 Å². The Hall–Kier alpha value is -1.47. The van der Waals surface area contributed by atoms with E-state index in [9.17, 15) is 9.59 Å². The van der Waals surface area contributed by atoms with Gasteiger partial charge in [0.05, 0.1) is 24.8 Å². The monoisotopic (exact) mass is 354 g/mol. The van der Waals surface area contributed by atoms with Gasteiger partial charge < -0.3 is 9.47 Å². The van der Waals surface area contributed by atoms with Gasteiger partial charge in [0.2, 0.25) is 5.91 Å². The molecule has 1 atom stereocenters. The molecule has 0 aliphatic carbocycles. The molecule has 7 heteroatoms. The SMILES string of the molecule is CCCCCN(C(=O)C1CCOC1)c1nc(C)c(C(=O)OCC)s1. The highest BCUT2D eigenvalue weighted by Crippen LogP contribution is 2.29. The van der Waals surface area contributed by atoms with Crippen molar-refractivity contribution in [3.63, 3.8) is 0 Å². The molecule has 0 saturated carbocycles. The average molecular weight is 354 g/mol. The van der Waals surface area contributed by atoms with Gasteiger partial charge in [0.15, 0.2) is 5.13 Å². The number of aryl methyl sites for hydroxylation is 1. The van der Waals surface area contributed by atoms with Crippen LogP contribution in [0.5, 0.6) is 0 Å². The highest BCUT2D eigenvalue weighted by Gasteiger charge is 2.31. The smallest absolute Gasteiger partial charge is 0.350 e. The lowest BCUT2D eigenvalue weighted by molar-refractivity contribution is -0.122. The maximum Gasteiger partial charge on any atom is 0.350 e. The number of carbonyl (C=O) groups is 2. The predicted octanol–water partition coefficient (Wildman–Crippen LogP) is 3.19. The van der Waals surface area contributed by atoms with Gasteiger partial charge in [-0.1, -0.05) is 31.1 Å². The summed E-state index contributed by atoms with van der Waals surface area (Å²) in [5, 5.41) is 0.587. The van der Waals surface area contributed by atoms with Crippen LogP contribution in [-0.2, 0) is 14.3 Å². The molecule has 0 bridgehead atoms. The molecule has 1 aromatic rings. The van der Waals surface area contributed by atoms with Crippen LogP contribution in [0.3, 0.4) is 0 Å². The molecule has 1 aliphatic rings. The Bertz CT molecular complexity index is 567. The highest BCUT2D eigenvalue weighted by atomic mass is 32.1. The van der Waals surface area contributed by atoms with Crippen LogP contribution >= 0.6 is 11.3 Å². The van der Waals surface area contributed by atoms with E-state index in [4.69, 9.17) is 9.47 Å². The zero-order chi connectivity index (χ0) is 17.5.